The number of esters is 1. The Kier molecular flexibility index (Phi) is 4.65. The van der Waals surface area contributed by atoms with E-state index in [0.717, 1.165) is 45.8 Å². The van der Waals surface area contributed by atoms with Gasteiger partial charge in [0.15, 0.2) is 5.13 Å². The summed E-state index contributed by atoms with van der Waals surface area (Å²) >= 11 is 5.04. The molecule has 22 heavy (non-hydrogen) atoms. The number of fused-ring (bicyclic) bond motifs is 1. The van der Waals surface area contributed by atoms with Crippen LogP contribution in [-0.2, 0) is 4.74 Å². The number of aromatic nitrogens is 1. The van der Waals surface area contributed by atoms with Crippen LogP contribution in [-0.4, -0.2) is 42.9 Å². The van der Waals surface area contributed by atoms with E-state index in [9.17, 15) is 9.90 Å². The van der Waals surface area contributed by atoms with Crippen LogP contribution in [0.5, 0.6) is 0 Å². The zero-order valence-corrected chi connectivity index (χ0v) is 14.6. The molecule has 7 heteroatoms. The molecule has 0 aliphatic carbocycles. The molecule has 1 saturated heterocycles. The molecule has 0 saturated carbocycles. The van der Waals surface area contributed by atoms with Gasteiger partial charge in [0.25, 0.3) is 0 Å². The molecule has 2 aromatic rings. The summed E-state index contributed by atoms with van der Waals surface area (Å²) in [6, 6.07) is 3.69. The number of nitrogens with zero attached hydrogens (tertiary/aromatic N) is 2. The number of aliphatic hydroxyl groups excluding tert-OH is 1. The van der Waals surface area contributed by atoms with Crippen LogP contribution < -0.4 is 4.90 Å². The Bertz CT molecular complexity index is 695. The molecule has 1 aliphatic heterocycles. The van der Waals surface area contributed by atoms with Gasteiger partial charge < -0.3 is 14.7 Å². The molecule has 0 radical (unpaired) electrons. The maximum absolute atomic E-state index is 11.7. The van der Waals surface area contributed by atoms with E-state index in [2.05, 4.69) is 25.8 Å². The number of benzene rings is 1. The predicted octanol–water partition coefficient (Wildman–Crippen LogP) is 3.05. The molecule has 1 N–H and O–H groups in total. The van der Waals surface area contributed by atoms with Crippen LogP contribution in [0.2, 0.25) is 0 Å². The van der Waals surface area contributed by atoms with Gasteiger partial charge in [-0.3, -0.25) is 0 Å². The molecular formula is C15H17BrN2O3S. The van der Waals surface area contributed by atoms with Crippen molar-refractivity contribution in [2.24, 2.45) is 5.92 Å². The van der Waals surface area contributed by atoms with Crippen molar-refractivity contribution in [2.45, 2.75) is 12.8 Å². The van der Waals surface area contributed by atoms with Crippen LogP contribution in [0.3, 0.4) is 0 Å². The number of rotatable bonds is 3. The topological polar surface area (TPSA) is 62.7 Å². The van der Waals surface area contributed by atoms with Crippen LogP contribution in [0.4, 0.5) is 5.13 Å². The van der Waals surface area contributed by atoms with Gasteiger partial charge in [-0.15, -0.1) is 0 Å². The second kappa shape index (κ2) is 6.52. The van der Waals surface area contributed by atoms with Crippen molar-refractivity contribution in [2.75, 3.05) is 31.7 Å². The third-order valence-electron chi connectivity index (χ3n) is 4.01. The summed E-state index contributed by atoms with van der Waals surface area (Å²) in [5.74, 6) is 0.0396. The molecular weight excluding hydrogens is 368 g/mol. The standard InChI is InChI=1S/C15H17BrN2O3S/c1-21-14(20)10-6-12-13(7-11(10)16)22-15(17-12)18-4-2-9(8-19)3-5-18/h6-7,9,19H,2-5,8H2,1H3. The number of ether oxygens (including phenoxy) is 1. The number of hydrogen-bond donors (Lipinski definition) is 1. The van der Waals surface area contributed by atoms with Crippen molar-refractivity contribution in [3.05, 3.63) is 22.2 Å². The first-order valence-electron chi connectivity index (χ1n) is 7.16. The second-order valence-electron chi connectivity index (χ2n) is 5.40. The molecule has 0 atom stereocenters. The third kappa shape index (κ3) is 2.98. The summed E-state index contributed by atoms with van der Waals surface area (Å²) in [7, 11) is 1.37. The number of piperidine rings is 1. The molecule has 1 aromatic carbocycles. The van der Waals surface area contributed by atoms with Gasteiger partial charge >= 0.3 is 5.97 Å². The van der Waals surface area contributed by atoms with Gasteiger partial charge in [-0.05, 0) is 46.8 Å². The van der Waals surface area contributed by atoms with E-state index in [1.54, 1.807) is 17.4 Å². The highest BCUT2D eigenvalue weighted by molar-refractivity contribution is 9.10. The number of methoxy groups -OCH3 is 1. The number of anilines is 1. The van der Waals surface area contributed by atoms with E-state index < -0.39 is 0 Å². The Hall–Kier alpha value is -1.18. The van der Waals surface area contributed by atoms with Gasteiger partial charge in [-0.1, -0.05) is 11.3 Å². The van der Waals surface area contributed by atoms with E-state index in [1.165, 1.54) is 7.11 Å². The van der Waals surface area contributed by atoms with E-state index >= 15 is 0 Å². The van der Waals surface area contributed by atoms with Crippen LogP contribution in [0.25, 0.3) is 10.2 Å². The summed E-state index contributed by atoms with van der Waals surface area (Å²) < 4.78 is 6.55. The average molecular weight is 385 g/mol. The monoisotopic (exact) mass is 384 g/mol. The lowest BCUT2D eigenvalue weighted by atomic mass is 9.98. The average Bonchev–Trinajstić information content (AvgIpc) is 2.96. The van der Waals surface area contributed by atoms with Crippen molar-refractivity contribution >= 4 is 48.6 Å². The largest absolute Gasteiger partial charge is 0.465 e. The summed E-state index contributed by atoms with van der Waals surface area (Å²) in [4.78, 5) is 18.7. The van der Waals surface area contributed by atoms with E-state index in [0.29, 0.717) is 11.5 Å². The number of hydrogen-bond acceptors (Lipinski definition) is 6. The van der Waals surface area contributed by atoms with Gasteiger partial charge in [0.05, 0.1) is 22.9 Å². The number of thiazole rings is 1. The van der Waals surface area contributed by atoms with Gasteiger partial charge in [-0.25, -0.2) is 9.78 Å². The quantitative estimate of drug-likeness (QED) is 0.823. The molecule has 0 bridgehead atoms. The molecule has 0 amide bonds. The summed E-state index contributed by atoms with van der Waals surface area (Å²) in [6.07, 6.45) is 1.98. The summed E-state index contributed by atoms with van der Waals surface area (Å²) in [5, 5.41) is 10.2. The fraction of sp³-hybridized carbons (Fsp3) is 0.467. The number of carbonyl (C=O) groups is 1. The minimum Gasteiger partial charge on any atom is -0.465 e. The minimum atomic E-state index is -0.368. The molecule has 1 aromatic heterocycles. The third-order valence-corrected chi connectivity index (χ3v) is 5.75. The summed E-state index contributed by atoms with van der Waals surface area (Å²) in [5.41, 5.74) is 1.30. The SMILES string of the molecule is COC(=O)c1cc2nc(N3CCC(CO)CC3)sc2cc1Br. The van der Waals surface area contributed by atoms with Gasteiger partial charge in [0.1, 0.15) is 0 Å². The normalized spacial score (nSPS) is 16.2. The molecule has 3 rings (SSSR count). The van der Waals surface area contributed by atoms with Crippen molar-refractivity contribution in [1.29, 1.82) is 0 Å². The van der Waals surface area contributed by atoms with E-state index in [4.69, 9.17) is 4.74 Å². The predicted molar refractivity (Wildman–Crippen MR) is 90.7 cm³/mol. The van der Waals surface area contributed by atoms with Crippen molar-refractivity contribution in [1.82, 2.24) is 4.98 Å². The lowest BCUT2D eigenvalue weighted by Gasteiger charge is -2.30. The summed E-state index contributed by atoms with van der Waals surface area (Å²) in [6.45, 7) is 2.09. The Labute approximate surface area is 141 Å². The molecule has 1 fully saturated rings. The highest BCUT2D eigenvalue weighted by atomic mass is 79.9. The van der Waals surface area contributed by atoms with Gasteiger partial charge in [0.2, 0.25) is 0 Å². The zero-order chi connectivity index (χ0) is 15.7. The van der Waals surface area contributed by atoms with Gasteiger partial charge in [-0.2, -0.15) is 0 Å². The Morgan fingerprint density at radius 1 is 1.50 bits per heavy atom. The van der Waals surface area contributed by atoms with E-state index in [-0.39, 0.29) is 12.6 Å². The second-order valence-corrected chi connectivity index (χ2v) is 7.26. The molecule has 0 spiro atoms. The zero-order valence-electron chi connectivity index (χ0n) is 12.2. The maximum atomic E-state index is 11.7. The highest BCUT2D eigenvalue weighted by Gasteiger charge is 2.22. The van der Waals surface area contributed by atoms with Crippen molar-refractivity contribution < 1.29 is 14.6 Å². The fourth-order valence-electron chi connectivity index (χ4n) is 2.65. The van der Waals surface area contributed by atoms with Crippen LogP contribution in [0.1, 0.15) is 23.2 Å². The smallest absolute Gasteiger partial charge is 0.339 e. The van der Waals surface area contributed by atoms with Crippen LogP contribution in [0, 0.1) is 5.92 Å². The van der Waals surface area contributed by atoms with Gasteiger partial charge in [0, 0.05) is 24.2 Å². The lowest BCUT2D eigenvalue weighted by Crippen LogP contribution is -2.34. The number of carbonyl (C=O) groups excluding carboxylic acids is 1. The Morgan fingerprint density at radius 2 is 2.23 bits per heavy atom. The van der Waals surface area contributed by atoms with Crippen molar-refractivity contribution in [3.63, 3.8) is 0 Å². The first-order valence-corrected chi connectivity index (χ1v) is 8.77. The number of aliphatic hydroxyl groups is 1. The van der Waals surface area contributed by atoms with Crippen LogP contribution >= 0.6 is 27.3 Å². The minimum absolute atomic E-state index is 0.267. The molecule has 0 unspecified atom stereocenters. The molecule has 1 aliphatic rings. The molecule has 5 nitrogen and oxygen atoms in total. The highest BCUT2D eigenvalue weighted by Crippen LogP contribution is 2.34. The number of halogens is 1. The molecule has 2 heterocycles. The lowest BCUT2D eigenvalue weighted by molar-refractivity contribution is 0.0600. The maximum Gasteiger partial charge on any atom is 0.339 e. The molecule has 118 valence electrons. The fourth-order valence-corrected chi connectivity index (χ4v) is 4.34. The first kappa shape index (κ1) is 15.7. The Morgan fingerprint density at radius 3 is 2.86 bits per heavy atom. The van der Waals surface area contributed by atoms with E-state index in [1.807, 2.05) is 6.07 Å². The van der Waals surface area contributed by atoms with Crippen molar-refractivity contribution in [3.8, 4) is 0 Å². The first-order chi connectivity index (χ1) is 10.6. The van der Waals surface area contributed by atoms with Crippen LogP contribution in [0.15, 0.2) is 16.6 Å². The Balaban J connectivity index is 1.88.